The number of fused-ring (bicyclic) bond motifs is 4. The second kappa shape index (κ2) is 8.47. The quantitative estimate of drug-likeness (QED) is 0.488. The molecule has 1 aliphatic carbocycles. The first-order valence-corrected chi connectivity index (χ1v) is 11.7. The van der Waals surface area contributed by atoms with Crippen LogP contribution in [0.5, 0.6) is 0 Å². The van der Waals surface area contributed by atoms with Crippen LogP contribution >= 0.6 is 22.9 Å². The van der Waals surface area contributed by atoms with Crippen LogP contribution < -0.4 is 10.6 Å². The third-order valence-electron chi connectivity index (χ3n) is 6.23. The number of carbonyl (C=O) groups is 1. The molecule has 1 aromatic carbocycles. The van der Waals surface area contributed by atoms with E-state index in [0.717, 1.165) is 22.6 Å². The number of hydrogen-bond donors (Lipinski definition) is 3. The average molecular weight is 474 g/mol. The van der Waals surface area contributed by atoms with Gasteiger partial charge in [-0.05, 0) is 31.5 Å². The van der Waals surface area contributed by atoms with Gasteiger partial charge in [0, 0.05) is 47.3 Å². The summed E-state index contributed by atoms with van der Waals surface area (Å²) in [5.74, 6) is 1.67. The molecule has 4 atom stereocenters. The Morgan fingerprint density at radius 1 is 1.41 bits per heavy atom. The van der Waals surface area contributed by atoms with E-state index in [1.807, 2.05) is 29.2 Å². The Morgan fingerprint density at radius 2 is 2.25 bits per heavy atom. The molecule has 2 aliphatic rings. The number of oxazole rings is 1. The molecule has 3 heterocycles. The van der Waals surface area contributed by atoms with Gasteiger partial charge in [0.05, 0.1) is 11.9 Å². The van der Waals surface area contributed by atoms with Crippen LogP contribution in [-0.2, 0) is 11.2 Å². The summed E-state index contributed by atoms with van der Waals surface area (Å²) in [6.45, 7) is 2.85. The standard InChI is InChI=1S/C22H24ClN5O3S/c1-11(29)28-9-13-7-16-19(32-22(26-16)27-21(30)24-2)15(10-28)18(13)20-25-8-17(31-20)12-4-3-5-14(23)6-12/h3-6,8,13,15,18,21,24,30H,7,9-10H2,1-2H3,(H,26,27). The largest absolute Gasteiger partial charge is 0.440 e. The van der Waals surface area contributed by atoms with E-state index < -0.39 is 6.35 Å². The Labute approximate surface area is 194 Å². The SMILES string of the molecule is CNC(O)Nc1nc2c(s1)C1CN(C(C)=O)CC(C2)C1c1ncc(-c2cccc(Cl)c2)o1. The average Bonchev–Trinajstić information content (AvgIpc) is 3.40. The molecule has 0 spiro atoms. The fourth-order valence-electron chi connectivity index (χ4n) is 4.73. The van der Waals surface area contributed by atoms with Crippen LogP contribution in [0.1, 0.15) is 35.2 Å². The van der Waals surface area contributed by atoms with Crippen molar-refractivity contribution in [2.24, 2.45) is 5.92 Å². The molecule has 1 saturated heterocycles. The molecule has 1 fully saturated rings. The lowest BCUT2D eigenvalue weighted by molar-refractivity contribution is -0.131. The summed E-state index contributed by atoms with van der Waals surface area (Å²) in [6, 6.07) is 7.52. The Kier molecular flexibility index (Phi) is 5.66. The molecule has 168 valence electrons. The van der Waals surface area contributed by atoms with Gasteiger partial charge >= 0.3 is 0 Å². The number of halogens is 1. The van der Waals surface area contributed by atoms with Crippen LogP contribution in [0.4, 0.5) is 5.13 Å². The van der Waals surface area contributed by atoms with Crippen LogP contribution in [0, 0.1) is 5.92 Å². The molecule has 1 amide bonds. The highest BCUT2D eigenvalue weighted by molar-refractivity contribution is 7.15. The summed E-state index contributed by atoms with van der Waals surface area (Å²) in [4.78, 5) is 24.6. The minimum Gasteiger partial charge on any atom is -0.440 e. The first kappa shape index (κ1) is 21.4. The fourth-order valence-corrected chi connectivity index (χ4v) is 6.08. The van der Waals surface area contributed by atoms with Crippen LogP contribution in [0.15, 0.2) is 34.9 Å². The van der Waals surface area contributed by atoms with Gasteiger partial charge in [-0.25, -0.2) is 9.97 Å². The van der Waals surface area contributed by atoms with Crippen LogP contribution in [0.25, 0.3) is 11.3 Å². The van der Waals surface area contributed by atoms with Crippen LogP contribution in [-0.4, -0.2) is 52.4 Å². The van der Waals surface area contributed by atoms with E-state index >= 15 is 0 Å². The highest BCUT2D eigenvalue weighted by Gasteiger charge is 2.47. The van der Waals surface area contributed by atoms with Crippen molar-refractivity contribution in [2.75, 3.05) is 25.5 Å². The number of hydrogen-bond acceptors (Lipinski definition) is 8. The van der Waals surface area contributed by atoms with Gasteiger partial charge in [-0.3, -0.25) is 10.1 Å². The number of benzene rings is 1. The normalized spacial score (nSPS) is 23.0. The number of anilines is 1. The van der Waals surface area contributed by atoms with E-state index in [1.54, 1.807) is 20.2 Å². The van der Waals surface area contributed by atoms with E-state index in [9.17, 15) is 9.90 Å². The van der Waals surface area contributed by atoms with Crippen LogP contribution in [0.2, 0.25) is 5.02 Å². The van der Waals surface area contributed by atoms with Crippen LogP contribution in [0.3, 0.4) is 0 Å². The molecule has 32 heavy (non-hydrogen) atoms. The molecule has 10 heteroatoms. The van der Waals surface area contributed by atoms with E-state index in [0.29, 0.717) is 34.9 Å². The number of thiazole rings is 1. The third kappa shape index (κ3) is 3.90. The minimum atomic E-state index is -0.876. The summed E-state index contributed by atoms with van der Waals surface area (Å²) in [7, 11) is 1.67. The molecular formula is C22H24ClN5O3S. The number of nitrogens with zero attached hydrogens (tertiary/aromatic N) is 3. The lowest BCUT2D eigenvalue weighted by Crippen LogP contribution is -2.49. The second-order valence-corrected chi connectivity index (χ2v) is 9.73. The topological polar surface area (TPSA) is 104 Å². The number of nitrogens with one attached hydrogen (secondary N) is 2. The number of likely N-dealkylation sites (tertiary alicyclic amines) is 1. The molecule has 0 saturated carbocycles. The Hall–Kier alpha value is -2.46. The van der Waals surface area contributed by atoms with E-state index in [2.05, 4.69) is 15.6 Å². The predicted molar refractivity (Wildman–Crippen MR) is 123 cm³/mol. The van der Waals surface area contributed by atoms with Gasteiger partial charge in [-0.2, -0.15) is 0 Å². The van der Waals surface area contributed by atoms with Crippen molar-refractivity contribution in [3.63, 3.8) is 0 Å². The van der Waals surface area contributed by atoms with Gasteiger partial charge in [0.2, 0.25) is 5.91 Å². The fraction of sp³-hybridized carbons (Fsp3) is 0.409. The zero-order valence-electron chi connectivity index (χ0n) is 17.7. The van der Waals surface area contributed by atoms with Gasteiger partial charge in [0.1, 0.15) is 0 Å². The maximum absolute atomic E-state index is 12.2. The van der Waals surface area contributed by atoms with E-state index in [-0.39, 0.29) is 23.7 Å². The van der Waals surface area contributed by atoms with Gasteiger partial charge in [-0.1, -0.05) is 23.7 Å². The number of rotatable bonds is 5. The van der Waals surface area contributed by atoms with Crippen molar-refractivity contribution < 1.29 is 14.3 Å². The molecule has 2 aromatic heterocycles. The first-order chi connectivity index (χ1) is 15.4. The van der Waals surface area contributed by atoms with Crippen molar-refractivity contribution in [2.45, 2.75) is 31.5 Å². The Balaban J connectivity index is 1.50. The number of aromatic nitrogens is 2. The van der Waals surface area contributed by atoms with Crippen molar-refractivity contribution in [1.29, 1.82) is 0 Å². The number of aliphatic hydroxyl groups is 1. The third-order valence-corrected chi connectivity index (χ3v) is 7.63. The summed E-state index contributed by atoms with van der Waals surface area (Å²) in [6.07, 6.45) is 1.60. The van der Waals surface area contributed by atoms with Gasteiger partial charge in [-0.15, -0.1) is 11.3 Å². The minimum absolute atomic E-state index is 0.0343. The Bertz CT molecular complexity index is 1150. The van der Waals surface area contributed by atoms with Gasteiger partial charge in [0.15, 0.2) is 23.1 Å². The first-order valence-electron chi connectivity index (χ1n) is 10.5. The van der Waals surface area contributed by atoms with E-state index in [1.165, 1.54) is 11.3 Å². The number of piperidine rings is 1. The molecule has 4 unspecified atom stereocenters. The zero-order valence-corrected chi connectivity index (χ0v) is 19.3. The number of amides is 1. The maximum atomic E-state index is 12.2. The summed E-state index contributed by atoms with van der Waals surface area (Å²) < 4.78 is 6.25. The number of carbonyl (C=O) groups excluding carboxylic acids is 1. The lowest BCUT2D eigenvalue weighted by Gasteiger charge is -2.45. The predicted octanol–water partition coefficient (Wildman–Crippen LogP) is 3.26. The van der Waals surface area contributed by atoms with Crippen molar-refractivity contribution >= 4 is 34.0 Å². The molecule has 3 aromatic rings. The second-order valence-electron chi connectivity index (χ2n) is 8.26. The molecule has 5 rings (SSSR count). The summed E-state index contributed by atoms with van der Waals surface area (Å²) >= 11 is 7.66. The smallest absolute Gasteiger partial charge is 0.219 e. The molecular weight excluding hydrogens is 450 g/mol. The van der Waals surface area contributed by atoms with Crippen molar-refractivity contribution in [3.8, 4) is 11.3 Å². The summed E-state index contributed by atoms with van der Waals surface area (Å²) in [5, 5.41) is 16.9. The monoisotopic (exact) mass is 473 g/mol. The number of aliphatic hydroxyl groups excluding tert-OH is 1. The molecule has 0 radical (unpaired) electrons. The van der Waals surface area contributed by atoms with Crippen molar-refractivity contribution in [1.82, 2.24) is 20.2 Å². The maximum Gasteiger partial charge on any atom is 0.219 e. The zero-order chi connectivity index (χ0) is 22.4. The lowest BCUT2D eigenvalue weighted by atomic mass is 9.70. The van der Waals surface area contributed by atoms with Gasteiger partial charge in [0.25, 0.3) is 0 Å². The molecule has 8 nitrogen and oxygen atoms in total. The highest BCUT2D eigenvalue weighted by Crippen LogP contribution is 2.51. The highest BCUT2D eigenvalue weighted by atomic mass is 35.5. The summed E-state index contributed by atoms with van der Waals surface area (Å²) in [5.41, 5.74) is 1.91. The van der Waals surface area contributed by atoms with E-state index in [4.69, 9.17) is 21.0 Å². The van der Waals surface area contributed by atoms with Crippen molar-refractivity contribution in [3.05, 3.63) is 51.9 Å². The molecule has 3 N–H and O–H groups in total. The van der Waals surface area contributed by atoms with Gasteiger partial charge < -0.3 is 19.7 Å². The Morgan fingerprint density at radius 3 is 3.00 bits per heavy atom. The molecule has 2 bridgehead atoms. The molecule has 1 aliphatic heterocycles.